The summed E-state index contributed by atoms with van der Waals surface area (Å²) >= 11 is 0. The van der Waals surface area contributed by atoms with Crippen LogP contribution in [0.2, 0.25) is 0 Å². The van der Waals surface area contributed by atoms with Crippen LogP contribution in [0, 0.1) is 0 Å². The monoisotopic (exact) mass is 489 g/mol. The van der Waals surface area contributed by atoms with Crippen molar-refractivity contribution in [3.05, 3.63) is 41.2 Å². The Morgan fingerprint density at radius 1 is 1.29 bits per heavy atom. The number of nitrogens with one attached hydrogen (secondary N) is 2. The number of aromatic nitrogens is 3. The SMILES string of the molecule is CN(Cc1cn(CC(=O)Nc2cccc3c2CN(C2CCC(=O)NC2=O)C3=O)nn1)S(C)(=O)=O. The summed E-state index contributed by atoms with van der Waals surface area (Å²) < 4.78 is 25.5. The van der Waals surface area contributed by atoms with E-state index in [0.717, 1.165) is 10.6 Å². The van der Waals surface area contributed by atoms with Crippen LogP contribution in [0.4, 0.5) is 5.69 Å². The first-order valence-corrected chi connectivity index (χ1v) is 12.2. The number of nitrogens with zero attached hydrogens (tertiary/aromatic N) is 5. The minimum atomic E-state index is -3.38. The maximum absolute atomic E-state index is 12.9. The van der Waals surface area contributed by atoms with Gasteiger partial charge in [-0.1, -0.05) is 11.3 Å². The van der Waals surface area contributed by atoms with E-state index in [2.05, 4.69) is 20.9 Å². The van der Waals surface area contributed by atoms with Gasteiger partial charge in [-0.15, -0.1) is 5.10 Å². The number of carbonyl (C=O) groups is 4. The Morgan fingerprint density at radius 2 is 2.06 bits per heavy atom. The second-order valence-electron chi connectivity index (χ2n) is 8.21. The molecule has 0 radical (unpaired) electrons. The smallest absolute Gasteiger partial charge is 0.255 e. The van der Waals surface area contributed by atoms with Crippen LogP contribution in [0.1, 0.15) is 34.5 Å². The molecule has 2 N–H and O–H groups in total. The summed E-state index contributed by atoms with van der Waals surface area (Å²) in [7, 11) is -1.97. The van der Waals surface area contributed by atoms with Crippen molar-refractivity contribution in [1.29, 1.82) is 0 Å². The predicted molar refractivity (Wildman–Crippen MR) is 117 cm³/mol. The third kappa shape index (κ3) is 4.82. The van der Waals surface area contributed by atoms with E-state index < -0.39 is 27.9 Å². The van der Waals surface area contributed by atoms with Crippen molar-refractivity contribution in [3.63, 3.8) is 0 Å². The normalized spacial score (nSPS) is 18.3. The highest BCUT2D eigenvalue weighted by Gasteiger charge is 2.39. The van der Waals surface area contributed by atoms with Crippen LogP contribution in [0.15, 0.2) is 24.4 Å². The second-order valence-corrected chi connectivity index (χ2v) is 10.3. The molecule has 4 amide bonds. The van der Waals surface area contributed by atoms with Crippen molar-refractivity contribution in [2.45, 2.75) is 38.5 Å². The number of hydrogen-bond donors (Lipinski definition) is 2. The van der Waals surface area contributed by atoms with Crippen LogP contribution in [-0.2, 0) is 44.0 Å². The quantitative estimate of drug-likeness (QED) is 0.471. The lowest BCUT2D eigenvalue weighted by atomic mass is 10.0. The number of piperidine rings is 1. The molecule has 1 unspecified atom stereocenters. The van der Waals surface area contributed by atoms with Crippen molar-refractivity contribution in [2.24, 2.45) is 0 Å². The van der Waals surface area contributed by atoms with Gasteiger partial charge >= 0.3 is 0 Å². The summed E-state index contributed by atoms with van der Waals surface area (Å²) in [5.41, 5.74) is 1.78. The average Bonchev–Trinajstić information content (AvgIpc) is 3.32. The molecule has 3 heterocycles. The molecule has 1 aromatic heterocycles. The Balaban J connectivity index is 1.43. The van der Waals surface area contributed by atoms with Crippen LogP contribution in [0.25, 0.3) is 0 Å². The van der Waals surface area contributed by atoms with Crippen molar-refractivity contribution < 1.29 is 27.6 Å². The Bertz CT molecular complexity index is 1290. The summed E-state index contributed by atoms with van der Waals surface area (Å²) in [6.45, 7) is -0.0306. The lowest BCUT2D eigenvalue weighted by Gasteiger charge is -2.29. The van der Waals surface area contributed by atoms with E-state index in [1.807, 2.05) is 0 Å². The maximum atomic E-state index is 12.9. The van der Waals surface area contributed by atoms with Crippen LogP contribution in [0.5, 0.6) is 0 Å². The van der Waals surface area contributed by atoms with Crippen molar-refractivity contribution in [3.8, 4) is 0 Å². The molecular formula is C20H23N7O6S. The molecule has 2 aliphatic rings. The number of rotatable bonds is 7. The molecule has 4 rings (SSSR count). The standard InChI is InChI=1S/C20H23N7O6S/c1-25(34(2,32)33)8-12-9-26(24-23-12)11-18(29)21-15-5-3-4-13-14(15)10-27(20(13)31)16-6-7-17(28)22-19(16)30/h3-5,9,16H,6-8,10-11H2,1-2H3,(H,21,29)(H,22,28,30). The number of fused-ring (bicyclic) bond motifs is 1. The summed E-state index contributed by atoms with van der Waals surface area (Å²) in [5.74, 6) is -1.63. The first kappa shape index (κ1) is 23.5. The number of carbonyl (C=O) groups excluding carboxylic acids is 4. The zero-order chi connectivity index (χ0) is 24.6. The van der Waals surface area contributed by atoms with E-state index in [0.29, 0.717) is 22.5 Å². The lowest BCUT2D eigenvalue weighted by Crippen LogP contribution is -2.52. The minimum absolute atomic E-state index is 0.0188. The van der Waals surface area contributed by atoms with E-state index in [1.54, 1.807) is 18.2 Å². The van der Waals surface area contributed by atoms with Gasteiger partial charge in [-0.05, 0) is 18.6 Å². The third-order valence-electron chi connectivity index (χ3n) is 5.70. The highest BCUT2D eigenvalue weighted by atomic mass is 32.2. The maximum Gasteiger partial charge on any atom is 0.255 e. The molecule has 180 valence electrons. The highest BCUT2D eigenvalue weighted by molar-refractivity contribution is 7.88. The molecule has 0 saturated carbocycles. The number of imide groups is 1. The van der Waals surface area contributed by atoms with E-state index in [-0.39, 0.29) is 44.3 Å². The molecule has 34 heavy (non-hydrogen) atoms. The van der Waals surface area contributed by atoms with Crippen LogP contribution >= 0.6 is 0 Å². The fraction of sp³-hybridized carbons (Fsp3) is 0.400. The van der Waals surface area contributed by atoms with Gasteiger partial charge in [-0.3, -0.25) is 24.5 Å². The van der Waals surface area contributed by atoms with Gasteiger partial charge in [0.05, 0.1) is 24.7 Å². The molecule has 0 bridgehead atoms. The number of sulfonamides is 1. The minimum Gasteiger partial charge on any atom is -0.324 e. The zero-order valence-corrected chi connectivity index (χ0v) is 19.3. The molecule has 0 aliphatic carbocycles. The van der Waals surface area contributed by atoms with Gasteiger partial charge in [0.25, 0.3) is 5.91 Å². The van der Waals surface area contributed by atoms with Gasteiger partial charge in [-0.25, -0.2) is 13.1 Å². The zero-order valence-electron chi connectivity index (χ0n) is 18.5. The fourth-order valence-electron chi connectivity index (χ4n) is 3.87. The van der Waals surface area contributed by atoms with Gasteiger partial charge in [-0.2, -0.15) is 4.31 Å². The molecule has 2 aromatic rings. The van der Waals surface area contributed by atoms with Gasteiger partial charge < -0.3 is 10.2 Å². The molecule has 13 nitrogen and oxygen atoms in total. The molecule has 2 aliphatic heterocycles. The van der Waals surface area contributed by atoms with Crippen LogP contribution in [-0.4, -0.2) is 75.6 Å². The van der Waals surface area contributed by atoms with E-state index in [9.17, 15) is 27.6 Å². The highest BCUT2D eigenvalue weighted by Crippen LogP contribution is 2.32. The summed E-state index contributed by atoms with van der Waals surface area (Å²) in [6.07, 6.45) is 2.95. The summed E-state index contributed by atoms with van der Waals surface area (Å²) in [6, 6.07) is 4.17. The number of amides is 4. The Morgan fingerprint density at radius 3 is 2.76 bits per heavy atom. The van der Waals surface area contributed by atoms with Crippen LogP contribution in [0.3, 0.4) is 0 Å². The largest absolute Gasteiger partial charge is 0.324 e. The summed E-state index contributed by atoms with van der Waals surface area (Å²) in [4.78, 5) is 50.6. The predicted octanol–water partition coefficient (Wildman–Crippen LogP) is -0.931. The molecule has 1 atom stereocenters. The van der Waals surface area contributed by atoms with Crippen molar-refractivity contribution in [1.82, 2.24) is 29.5 Å². The molecule has 14 heteroatoms. The van der Waals surface area contributed by atoms with Crippen molar-refractivity contribution in [2.75, 3.05) is 18.6 Å². The van der Waals surface area contributed by atoms with Gasteiger partial charge in [0.15, 0.2) is 0 Å². The van der Waals surface area contributed by atoms with E-state index >= 15 is 0 Å². The Kier molecular flexibility index (Phi) is 6.18. The van der Waals surface area contributed by atoms with E-state index in [1.165, 1.54) is 22.8 Å². The van der Waals surface area contributed by atoms with Crippen molar-refractivity contribution >= 4 is 39.3 Å². The van der Waals surface area contributed by atoms with Gasteiger partial charge in [0.1, 0.15) is 12.6 Å². The molecule has 0 spiro atoms. The van der Waals surface area contributed by atoms with Gasteiger partial charge in [0, 0.05) is 36.8 Å². The Labute approximate surface area is 195 Å². The molecular weight excluding hydrogens is 466 g/mol. The number of benzene rings is 1. The first-order chi connectivity index (χ1) is 16.0. The molecule has 1 saturated heterocycles. The third-order valence-corrected chi connectivity index (χ3v) is 6.96. The molecule has 1 fully saturated rings. The van der Waals surface area contributed by atoms with E-state index in [4.69, 9.17) is 0 Å². The number of hydrogen-bond acceptors (Lipinski definition) is 8. The summed E-state index contributed by atoms with van der Waals surface area (Å²) in [5, 5.41) is 12.8. The topological polar surface area (TPSA) is 164 Å². The average molecular weight is 490 g/mol. The molecule has 1 aromatic carbocycles. The Hall–Kier alpha value is -3.65. The van der Waals surface area contributed by atoms with Gasteiger partial charge in [0.2, 0.25) is 27.7 Å². The number of anilines is 1. The first-order valence-electron chi connectivity index (χ1n) is 10.4. The second kappa shape index (κ2) is 8.95. The van der Waals surface area contributed by atoms with Crippen LogP contribution < -0.4 is 10.6 Å². The lowest BCUT2D eigenvalue weighted by molar-refractivity contribution is -0.137. The fourth-order valence-corrected chi connectivity index (χ4v) is 4.24.